The zero-order valence-corrected chi connectivity index (χ0v) is 11.3. The van der Waals surface area contributed by atoms with Crippen LogP contribution in [0.5, 0.6) is 5.75 Å². The number of rotatable bonds is 3. The molecule has 1 unspecified atom stereocenters. The van der Waals surface area contributed by atoms with E-state index < -0.39 is 34.7 Å². The fourth-order valence-corrected chi connectivity index (χ4v) is 2.58. The molecule has 0 radical (unpaired) electrons. The highest BCUT2D eigenvalue weighted by atomic mass is 19.2. The van der Waals surface area contributed by atoms with E-state index in [0.29, 0.717) is 32.0 Å². The van der Waals surface area contributed by atoms with Gasteiger partial charge in [-0.3, -0.25) is 4.79 Å². The van der Waals surface area contributed by atoms with Crippen molar-refractivity contribution in [2.24, 2.45) is 5.92 Å². The Balaban J connectivity index is 2.24. The van der Waals surface area contributed by atoms with Crippen molar-refractivity contribution in [2.75, 3.05) is 19.7 Å². The smallest absolute Gasteiger partial charge is 0.257 e. The highest BCUT2D eigenvalue weighted by molar-refractivity contribution is 5.95. The number of amides is 1. The maximum absolute atomic E-state index is 13.7. The van der Waals surface area contributed by atoms with Crippen molar-refractivity contribution in [3.8, 4) is 5.75 Å². The molecular formula is C14H16F3NO3. The van der Waals surface area contributed by atoms with E-state index in [1.165, 1.54) is 4.90 Å². The summed E-state index contributed by atoms with van der Waals surface area (Å²) in [7, 11) is 0. The van der Waals surface area contributed by atoms with Crippen LogP contribution in [0.15, 0.2) is 6.07 Å². The van der Waals surface area contributed by atoms with Crippen LogP contribution in [0.25, 0.3) is 0 Å². The van der Waals surface area contributed by atoms with Crippen LogP contribution in [0.3, 0.4) is 0 Å². The standard InChI is InChI=1S/C14H16F3NO3/c15-10-6-9(11(16)13(20)12(10)17)14(21)18-4-1-2-8(7-18)3-5-19/h6,8,19-20H,1-5,7H2. The molecule has 116 valence electrons. The van der Waals surface area contributed by atoms with E-state index in [-0.39, 0.29) is 12.5 Å². The molecule has 0 bridgehead atoms. The molecule has 7 heteroatoms. The number of carbonyl (C=O) groups excluding carboxylic acids is 1. The third-order valence-electron chi connectivity index (χ3n) is 3.71. The number of benzene rings is 1. The monoisotopic (exact) mass is 303 g/mol. The van der Waals surface area contributed by atoms with Crippen LogP contribution in [-0.4, -0.2) is 40.7 Å². The largest absolute Gasteiger partial charge is 0.503 e. The van der Waals surface area contributed by atoms with Gasteiger partial charge in [-0.2, -0.15) is 4.39 Å². The Morgan fingerprint density at radius 1 is 1.33 bits per heavy atom. The number of aliphatic hydroxyl groups excluding tert-OH is 1. The summed E-state index contributed by atoms with van der Waals surface area (Å²) in [5, 5.41) is 18.1. The number of hydrogen-bond acceptors (Lipinski definition) is 3. The van der Waals surface area contributed by atoms with Crippen LogP contribution in [0.1, 0.15) is 29.6 Å². The molecule has 0 spiro atoms. The number of aromatic hydroxyl groups is 1. The minimum Gasteiger partial charge on any atom is -0.503 e. The van der Waals surface area contributed by atoms with Gasteiger partial charge in [0, 0.05) is 19.7 Å². The quantitative estimate of drug-likeness (QED) is 0.840. The second-order valence-electron chi connectivity index (χ2n) is 5.15. The highest BCUT2D eigenvalue weighted by Crippen LogP contribution is 2.28. The second kappa shape index (κ2) is 6.34. The number of piperidine rings is 1. The third-order valence-corrected chi connectivity index (χ3v) is 3.71. The average molecular weight is 303 g/mol. The first-order valence-corrected chi connectivity index (χ1v) is 6.72. The summed E-state index contributed by atoms with van der Waals surface area (Å²) in [6.45, 7) is 0.686. The molecule has 2 rings (SSSR count). The minimum absolute atomic E-state index is 0.00692. The van der Waals surface area contributed by atoms with Gasteiger partial charge in [0.15, 0.2) is 17.4 Å². The van der Waals surface area contributed by atoms with Gasteiger partial charge in [0.2, 0.25) is 5.82 Å². The average Bonchev–Trinajstić information content (AvgIpc) is 2.49. The van der Waals surface area contributed by atoms with Crippen LogP contribution < -0.4 is 0 Å². The molecule has 1 aliphatic heterocycles. The molecule has 2 N–H and O–H groups in total. The molecule has 1 atom stereocenters. The summed E-state index contributed by atoms with van der Waals surface area (Å²) in [6.07, 6.45) is 2.05. The molecule has 0 saturated carbocycles. The van der Waals surface area contributed by atoms with Gasteiger partial charge in [0.1, 0.15) is 0 Å². The molecule has 1 amide bonds. The first-order chi connectivity index (χ1) is 9.95. The Labute approximate surface area is 119 Å². The van der Waals surface area contributed by atoms with Crippen molar-refractivity contribution in [2.45, 2.75) is 19.3 Å². The summed E-state index contributed by atoms with van der Waals surface area (Å²) in [4.78, 5) is 13.5. The van der Waals surface area contributed by atoms with Crippen LogP contribution >= 0.6 is 0 Å². The number of carbonyl (C=O) groups is 1. The lowest BCUT2D eigenvalue weighted by atomic mass is 9.94. The number of phenolic OH excluding ortho intramolecular Hbond substituents is 1. The SMILES string of the molecule is O=C(c1cc(F)c(F)c(O)c1F)N1CCCC(CCO)C1. The van der Waals surface area contributed by atoms with E-state index in [4.69, 9.17) is 10.2 Å². The molecule has 1 aromatic rings. The topological polar surface area (TPSA) is 60.8 Å². The third kappa shape index (κ3) is 3.12. The van der Waals surface area contributed by atoms with Gasteiger partial charge in [-0.25, -0.2) is 8.78 Å². The minimum atomic E-state index is -1.71. The number of hydrogen-bond donors (Lipinski definition) is 2. The second-order valence-corrected chi connectivity index (χ2v) is 5.15. The zero-order chi connectivity index (χ0) is 15.6. The maximum Gasteiger partial charge on any atom is 0.257 e. The predicted octanol–water partition coefficient (Wildman–Crippen LogP) is 2.04. The highest BCUT2D eigenvalue weighted by Gasteiger charge is 2.29. The lowest BCUT2D eigenvalue weighted by Gasteiger charge is -2.32. The van der Waals surface area contributed by atoms with E-state index in [9.17, 15) is 18.0 Å². The van der Waals surface area contributed by atoms with Crippen molar-refractivity contribution in [1.82, 2.24) is 4.90 Å². The Morgan fingerprint density at radius 3 is 2.71 bits per heavy atom. The van der Waals surface area contributed by atoms with Gasteiger partial charge < -0.3 is 15.1 Å². The van der Waals surface area contributed by atoms with Crippen molar-refractivity contribution in [3.63, 3.8) is 0 Å². The molecule has 0 aromatic heterocycles. The van der Waals surface area contributed by atoms with Crippen LogP contribution in [0.4, 0.5) is 13.2 Å². The Morgan fingerprint density at radius 2 is 2.05 bits per heavy atom. The molecule has 4 nitrogen and oxygen atoms in total. The number of aliphatic hydroxyl groups is 1. The number of halogens is 3. The fraction of sp³-hybridized carbons (Fsp3) is 0.500. The van der Waals surface area contributed by atoms with Gasteiger partial charge >= 0.3 is 0 Å². The maximum atomic E-state index is 13.7. The van der Waals surface area contributed by atoms with E-state index in [1.807, 2.05) is 0 Å². The summed E-state index contributed by atoms with van der Waals surface area (Å²) in [5.41, 5.74) is -0.684. The van der Waals surface area contributed by atoms with Gasteiger partial charge in [-0.05, 0) is 31.2 Å². The van der Waals surface area contributed by atoms with Gasteiger partial charge in [0.25, 0.3) is 5.91 Å². The van der Waals surface area contributed by atoms with E-state index >= 15 is 0 Å². The van der Waals surface area contributed by atoms with E-state index in [2.05, 4.69) is 0 Å². The number of nitrogens with zero attached hydrogens (tertiary/aromatic N) is 1. The summed E-state index contributed by atoms with van der Waals surface area (Å²) in [6, 6.07) is 0.461. The lowest BCUT2D eigenvalue weighted by molar-refractivity contribution is 0.0647. The number of phenols is 1. The Bertz CT molecular complexity index is 549. The van der Waals surface area contributed by atoms with Crippen molar-refractivity contribution in [3.05, 3.63) is 29.1 Å². The zero-order valence-electron chi connectivity index (χ0n) is 11.3. The van der Waals surface area contributed by atoms with Crippen molar-refractivity contribution in [1.29, 1.82) is 0 Å². The predicted molar refractivity (Wildman–Crippen MR) is 68.3 cm³/mol. The van der Waals surface area contributed by atoms with E-state index in [1.54, 1.807) is 0 Å². The van der Waals surface area contributed by atoms with E-state index in [0.717, 1.165) is 6.42 Å². The normalized spacial score (nSPS) is 18.9. The molecule has 1 heterocycles. The Kier molecular flexibility index (Phi) is 4.72. The summed E-state index contributed by atoms with van der Waals surface area (Å²) >= 11 is 0. The summed E-state index contributed by atoms with van der Waals surface area (Å²) in [5.74, 6) is -6.81. The fourth-order valence-electron chi connectivity index (χ4n) is 2.58. The number of likely N-dealkylation sites (tertiary alicyclic amines) is 1. The first-order valence-electron chi connectivity index (χ1n) is 6.72. The molecule has 1 aromatic carbocycles. The molecular weight excluding hydrogens is 287 g/mol. The summed E-state index contributed by atoms with van der Waals surface area (Å²) < 4.78 is 40.0. The van der Waals surface area contributed by atoms with Crippen molar-refractivity contribution < 1.29 is 28.2 Å². The van der Waals surface area contributed by atoms with Gasteiger partial charge in [-0.15, -0.1) is 0 Å². The molecule has 1 aliphatic rings. The van der Waals surface area contributed by atoms with Gasteiger partial charge in [-0.1, -0.05) is 0 Å². The molecule has 0 aliphatic carbocycles. The lowest BCUT2D eigenvalue weighted by Crippen LogP contribution is -2.40. The molecule has 1 fully saturated rings. The van der Waals surface area contributed by atoms with Crippen LogP contribution in [0.2, 0.25) is 0 Å². The van der Waals surface area contributed by atoms with Gasteiger partial charge in [0.05, 0.1) is 5.56 Å². The molecule has 1 saturated heterocycles. The van der Waals surface area contributed by atoms with Crippen LogP contribution in [0, 0.1) is 23.4 Å². The Hall–Kier alpha value is -1.76. The van der Waals surface area contributed by atoms with Crippen molar-refractivity contribution >= 4 is 5.91 Å². The van der Waals surface area contributed by atoms with Crippen LogP contribution in [-0.2, 0) is 0 Å². The molecule has 21 heavy (non-hydrogen) atoms. The first kappa shape index (κ1) is 15.6.